The number of aliphatic imine (C=N–C) groups is 1. The Kier molecular flexibility index (Phi) is 6.51. The maximum atomic E-state index is 11.9. The predicted molar refractivity (Wildman–Crippen MR) is 125 cm³/mol. The zero-order valence-electron chi connectivity index (χ0n) is 18.7. The van der Waals surface area contributed by atoms with E-state index in [4.69, 9.17) is 21.5 Å². The topological polar surface area (TPSA) is 143 Å². The molecule has 9 heteroatoms. The molecule has 170 valence electrons. The van der Waals surface area contributed by atoms with Crippen molar-refractivity contribution in [3.05, 3.63) is 69.5 Å². The van der Waals surface area contributed by atoms with Crippen molar-refractivity contribution < 1.29 is 9.53 Å². The monoisotopic (exact) mass is 445 g/mol. The van der Waals surface area contributed by atoms with Crippen molar-refractivity contribution in [3.63, 3.8) is 0 Å². The summed E-state index contributed by atoms with van der Waals surface area (Å²) in [6.45, 7) is 6.14. The van der Waals surface area contributed by atoms with Crippen molar-refractivity contribution >= 4 is 18.0 Å². The minimum absolute atomic E-state index is 0.00792. The smallest absolute Gasteiger partial charge is 0.338 e. The van der Waals surface area contributed by atoms with Crippen LogP contribution >= 0.6 is 0 Å². The fraction of sp³-hybridized carbons (Fsp3) is 0.333. The number of carbonyl (C=O) groups is 1. The van der Waals surface area contributed by atoms with E-state index in [9.17, 15) is 4.79 Å². The Morgan fingerprint density at radius 2 is 2.24 bits per heavy atom. The van der Waals surface area contributed by atoms with Crippen molar-refractivity contribution in [1.29, 1.82) is 5.26 Å². The number of hydrogen-bond donors (Lipinski definition) is 3. The van der Waals surface area contributed by atoms with Gasteiger partial charge in [-0.05, 0) is 54.4 Å². The molecule has 0 amide bonds. The molecule has 0 aliphatic carbocycles. The second-order valence-corrected chi connectivity index (χ2v) is 8.37. The zero-order valence-corrected chi connectivity index (χ0v) is 18.7. The maximum absolute atomic E-state index is 11.9. The minimum Gasteiger partial charge on any atom is -0.457 e. The van der Waals surface area contributed by atoms with E-state index in [2.05, 4.69) is 26.3 Å². The number of carbonyl (C=O) groups excluding carboxylic acids is 1. The molecule has 0 bridgehead atoms. The molecule has 33 heavy (non-hydrogen) atoms. The third kappa shape index (κ3) is 4.78. The van der Waals surface area contributed by atoms with Crippen LogP contribution < -0.4 is 16.8 Å². The van der Waals surface area contributed by atoms with Crippen molar-refractivity contribution in [1.82, 2.24) is 15.2 Å². The Morgan fingerprint density at radius 1 is 1.42 bits per heavy atom. The molecule has 1 aromatic heterocycles. The number of nitriles is 1. The van der Waals surface area contributed by atoms with Crippen LogP contribution in [0.3, 0.4) is 0 Å². The van der Waals surface area contributed by atoms with E-state index in [-0.39, 0.29) is 18.2 Å². The minimum atomic E-state index is -0.265. The first-order valence-corrected chi connectivity index (χ1v) is 10.7. The van der Waals surface area contributed by atoms with E-state index < -0.39 is 0 Å². The van der Waals surface area contributed by atoms with Gasteiger partial charge in [-0.25, -0.2) is 14.8 Å². The van der Waals surface area contributed by atoms with Gasteiger partial charge in [-0.15, -0.1) is 0 Å². The van der Waals surface area contributed by atoms with Crippen LogP contribution in [0.2, 0.25) is 0 Å². The van der Waals surface area contributed by atoms with Crippen LogP contribution in [-0.2, 0) is 11.3 Å². The highest BCUT2D eigenvalue weighted by atomic mass is 16.5. The number of ether oxygens (including phenoxy) is 1. The molecule has 0 radical (unpaired) electrons. The molecule has 4 rings (SSSR count). The fourth-order valence-corrected chi connectivity index (χ4v) is 4.31. The molecular weight excluding hydrogens is 418 g/mol. The van der Waals surface area contributed by atoms with Gasteiger partial charge in [-0.3, -0.25) is 10.2 Å². The summed E-state index contributed by atoms with van der Waals surface area (Å²) >= 11 is 0. The third-order valence-corrected chi connectivity index (χ3v) is 6.09. The molecule has 1 aromatic carbocycles. The molecule has 5 N–H and O–H groups in total. The normalized spacial score (nSPS) is 21.2. The van der Waals surface area contributed by atoms with Gasteiger partial charge in [0.25, 0.3) is 0 Å². The predicted octanol–water partition coefficient (Wildman–Crippen LogP) is 1.72. The molecule has 2 aromatic rings. The molecule has 0 spiro atoms. The lowest BCUT2D eigenvalue weighted by Gasteiger charge is -2.38. The lowest BCUT2D eigenvalue weighted by Crippen LogP contribution is -2.56. The van der Waals surface area contributed by atoms with E-state index in [1.54, 1.807) is 12.3 Å². The number of nitrogens with zero attached hydrogens (tertiary/aromatic N) is 4. The average molecular weight is 446 g/mol. The van der Waals surface area contributed by atoms with Crippen LogP contribution in [0.1, 0.15) is 44.2 Å². The zero-order chi connectivity index (χ0) is 23.5. The fourth-order valence-electron chi connectivity index (χ4n) is 4.31. The van der Waals surface area contributed by atoms with Gasteiger partial charge in [0.15, 0.2) is 5.82 Å². The van der Waals surface area contributed by atoms with E-state index in [0.717, 1.165) is 34.4 Å². The maximum Gasteiger partial charge on any atom is 0.338 e. The van der Waals surface area contributed by atoms with Gasteiger partial charge in [-0.2, -0.15) is 5.26 Å². The summed E-state index contributed by atoms with van der Waals surface area (Å²) in [5.74, 6) is 0.254. The summed E-state index contributed by atoms with van der Waals surface area (Å²) in [7, 11) is 0. The van der Waals surface area contributed by atoms with Crippen molar-refractivity contribution in [2.24, 2.45) is 16.5 Å². The van der Waals surface area contributed by atoms with Crippen molar-refractivity contribution in [3.8, 4) is 6.07 Å². The molecule has 3 heterocycles. The van der Waals surface area contributed by atoms with Gasteiger partial charge in [0.1, 0.15) is 12.7 Å². The van der Waals surface area contributed by atoms with Crippen molar-refractivity contribution in [2.75, 3.05) is 19.6 Å². The molecule has 2 atom stereocenters. The summed E-state index contributed by atoms with van der Waals surface area (Å²) in [6, 6.07) is 7.69. The summed E-state index contributed by atoms with van der Waals surface area (Å²) in [5, 5.41) is 12.5. The molecule has 2 unspecified atom stereocenters. The van der Waals surface area contributed by atoms with Gasteiger partial charge in [0.05, 0.1) is 17.3 Å². The lowest BCUT2D eigenvalue weighted by molar-refractivity contribution is 0.0535. The van der Waals surface area contributed by atoms with Gasteiger partial charge in [0, 0.05) is 43.7 Å². The molecule has 2 aliphatic rings. The lowest BCUT2D eigenvalue weighted by atomic mass is 9.92. The van der Waals surface area contributed by atoms with Crippen LogP contribution in [-0.4, -0.2) is 47.9 Å². The Balaban J connectivity index is 1.47. The van der Waals surface area contributed by atoms with Crippen LogP contribution in [0.5, 0.6) is 0 Å². The Labute approximate surface area is 192 Å². The van der Waals surface area contributed by atoms with Crippen LogP contribution in [0.25, 0.3) is 0 Å². The number of pyridine rings is 1. The van der Waals surface area contributed by atoms with Crippen LogP contribution in [0, 0.1) is 25.2 Å². The third-order valence-electron chi connectivity index (χ3n) is 6.09. The van der Waals surface area contributed by atoms with Gasteiger partial charge in [-0.1, -0.05) is 6.07 Å². The van der Waals surface area contributed by atoms with E-state index in [1.165, 1.54) is 12.4 Å². The van der Waals surface area contributed by atoms with E-state index in [0.29, 0.717) is 36.6 Å². The average Bonchev–Trinajstić information content (AvgIpc) is 3.18. The van der Waals surface area contributed by atoms with Crippen molar-refractivity contribution in [2.45, 2.75) is 32.7 Å². The number of aromatic nitrogens is 1. The first kappa shape index (κ1) is 22.6. The summed E-state index contributed by atoms with van der Waals surface area (Å²) in [4.78, 5) is 22.7. The highest BCUT2D eigenvalue weighted by Crippen LogP contribution is 2.30. The molecule has 1 fully saturated rings. The van der Waals surface area contributed by atoms with Gasteiger partial charge >= 0.3 is 5.97 Å². The first-order valence-electron chi connectivity index (χ1n) is 10.7. The summed E-state index contributed by atoms with van der Waals surface area (Å²) in [5.41, 5.74) is 18.1. The van der Waals surface area contributed by atoms with Crippen LogP contribution in [0.15, 0.2) is 41.2 Å². The molecule has 9 nitrogen and oxygen atoms in total. The second-order valence-electron chi connectivity index (χ2n) is 8.37. The van der Waals surface area contributed by atoms with Gasteiger partial charge in [0.2, 0.25) is 0 Å². The number of piperazine rings is 1. The SMILES string of the molecule is Cc1cc(N=CC(=CN)CN2CC(N)NC(c3ccc4c(c3C)COC4=O)C2)ncc1C#N. The summed E-state index contributed by atoms with van der Waals surface area (Å²) < 4.78 is 5.19. The largest absolute Gasteiger partial charge is 0.457 e. The quantitative estimate of drug-likeness (QED) is 0.466. The molecule has 1 saturated heterocycles. The number of nitrogens with two attached hydrogens (primary N) is 2. The summed E-state index contributed by atoms with van der Waals surface area (Å²) in [6.07, 6.45) is 4.53. The Morgan fingerprint density at radius 3 is 2.97 bits per heavy atom. The molecular formula is C24H27N7O2. The van der Waals surface area contributed by atoms with E-state index in [1.807, 2.05) is 26.0 Å². The van der Waals surface area contributed by atoms with Crippen LogP contribution in [0.4, 0.5) is 5.82 Å². The number of nitrogens with one attached hydrogen (secondary N) is 1. The highest BCUT2D eigenvalue weighted by Gasteiger charge is 2.30. The standard InChI is InChI=1S/C24H27N7O2/c1-14-5-23(29-9-17(14)7-26)28-8-16(6-25)10-31-11-21(30-22(27)12-31)18-3-4-19-20(15(18)2)13-33-24(19)32/h3-6,8-9,21-22,30H,10-13,25,27H2,1-2H3. The first-order chi connectivity index (χ1) is 15.9. The number of cyclic esters (lactones) is 1. The molecule has 0 saturated carbocycles. The Hall–Kier alpha value is -3.58. The number of fused-ring (bicyclic) bond motifs is 1. The number of aryl methyl sites for hydroxylation is 1. The number of hydrogen-bond acceptors (Lipinski definition) is 9. The number of benzene rings is 1. The molecule has 2 aliphatic heterocycles. The number of rotatable bonds is 5. The second kappa shape index (κ2) is 9.50. The Bertz CT molecular complexity index is 1180. The highest BCUT2D eigenvalue weighted by molar-refractivity contribution is 5.94. The number of esters is 1. The van der Waals surface area contributed by atoms with E-state index >= 15 is 0 Å². The van der Waals surface area contributed by atoms with Gasteiger partial charge < -0.3 is 16.2 Å².